The molecule has 1 aromatic carbocycles. The second-order valence-corrected chi connectivity index (χ2v) is 8.12. The number of rotatable bonds is 5. The lowest BCUT2D eigenvalue weighted by Crippen LogP contribution is -2.30. The smallest absolute Gasteiger partial charge is 0.375 e. The number of fused-ring (bicyclic) bond motifs is 2. The molecule has 150 valence electrons. The molecule has 2 aromatic heterocycles. The SMILES string of the molecule is Cc1c(C(=O)O[C@H](C)C(=O)Nc2sc3c(c2C(N)=O)CCC3)oc2ccccc12. The van der Waals surface area contributed by atoms with Crippen molar-refractivity contribution < 1.29 is 23.5 Å². The molecule has 0 saturated carbocycles. The molecule has 3 N–H and O–H groups in total. The first-order valence-corrected chi connectivity index (χ1v) is 10.1. The number of carbonyl (C=O) groups is 3. The number of carbonyl (C=O) groups excluding carboxylic acids is 3. The molecule has 7 nitrogen and oxygen atoms in total. The van der Waals surface area contributed by atoms with Gasteiger partial charge in [0, 0.05) is 15.8 Å². The summed E-state index contributed by atoms with van der Waals surface area (Å²) in [5.74, 6) is -1.75. The van der Waals surface area contributed by atoms with Crippen LogP contribution in [0, 0.1) is 6.92 Å². The molecule has 0 unspecified atom stereocenters. The van der Waals surface area contributed by atoms with Crippen molar-refractivity contribution in [1.82, 2.24) is 0 Å². The van der Waals surface area contributed by atoms with Crippen molar-refractivity contribution in [2.75, 3.05) is 5.32 Å². The van der Waals surface area contributed by atoms with E-state index in [0.717, 1.165) is 35.1 Å². The fourth-order valence-corrected chi connectivity index (χ4v) is 4.90. The molecular weight excluding hydrogens is 392 g/mol. The van der Waals surface area contributed by atoms with Gasteiger partial charge in [-0.05, 0) is 44.7 Å². The summed E-state index contributed by atoms with van der Waals surface area (Å²) < 4.78 is 10.9. The number of primary amides is 1. The molecule has 2 heterocycles. The van der Waals surface area contributed by atoms with Crippen molar-refractivity contribution in [1.29, 1.82) is 0 Å². The van der Waals surface area contributed by atoms with E-state index in [2.05, 4.69) is 5.32 Å². The van der Waals surface area contributed by atoms with Crippen molar-refractivity contribution >= 4 is 45.1 Å². The Hall–Kier alpha value is -3.13. The maximum Gasteiger partial charge on any atom is 0.375 e. The maximum absolute atomic E-state index is 12.6. The van der Waals surface area contributed by atoms with E-state index in [9.17, 15) is 14.4 Å². The first-order valence-electron chi connectivity index (χ1n) is 9.31. The fourth-order valence-electron chi connectivity index (χ4n) is 3.60. The standard InChI is InChI=1S/C21H20N2O5S/c1-10-12-6-3-4-8-14(12)28-17(10)21(26)27-11(2)19(25)23-20-16(18(22)24)13-7-5-9-15(13)29-20/h3-4,6,8,11H,5,7,9H2,1-2H3,(H2,22,24)(H,23,25)/t11-/m1/s1. The molecule has 0 bridgehead atoms. The Morgan fingerprint density at radius 1 is 1.24 bits per heavy atom. The van der Waals surface area contributed by atoms with Crippen LogP contribution >= 0.6 is 11.3 Å². The van der Waals surface area contributed by atoms with Gasteiger partial charge in [-0.3, -0.25) is 9.59 Å². The minimum Gasteiger partial charge on any atom is -0.449 e. The number of hydrogen-bond donors (Lipinski definition) is 2. The highest BCUT2D eigenvalue weighted by atomic mass is 32.1. The molecule has 4 rings (SSSR count). The summed E-state index contributed by atoms with van der Waals surface area (Å²) >= 11 is 1.35. The third-order valence-electron chi connectivity index (χ3n) is 5.09. The number of nitrogens with one attached hydrogen (secondary N) is 1. The maximum atomic E-state index is 12.6. The number of furan rings is 1. The van der Waals surface area contributed by atoms with Gasteiger partial charge in [-0.15, -0.1) is 11.3 Å². The Kier molecular flexibility index (Phi) is 4.87. The Morgan fingerprint density at radius 3 is 2.72 bits per heavy atom. The number of amides is 2. The van der Waals surface area contributed by atoms with Gasteiger partial charge in [0.1, 0.15) is 10.6 Å². The molecule has 0 fully saturated rings. The number of aryl methyl sites for hydroxylation is 2. The zero-order valence-electron chi connectivity index (χ0n) is 16.0. The summed E-state index contributed by atoms with van der Waals surface area (Å²) in [5, 5.41) is 3.92. The third kappa shape index (κ3) is 3.40. The number of benzene rings is 1. The monoisotopic (exact) mass is 412 g/mol. The fraction of sp³-hybridized carbons (Fsp3) is 0.286. The molecule has 29 heavy (non-hydrogen) atoms. The zero-order chi connectivity index (χ0) is 20.7. The minimum absolute atomic E-state index is 0.0683. The van der Waals surface area contributed by atoms with Crippen molar-refractivity contribution in [2.45, 2.75) is 39.2 Å². The van der Waals surface area contributed by atoms with Crippen LogP contribution in [0.15, 0.2) is 28.7 Å². The highest BCUT2D eigenvalue weighted by Crippen LogP contribution is 2.39. The van der Waals surface area contributed by atoms with Crippen LogP contribution in [0.3, 0.4) is 0 Å². The van der Waals surface area contributed by atoms with Crippen LogP contribution in [-0.4, -0.2) is 23.9 Å². The van der Waals surface area contributed by atoms with Gasteiger partial charge >= 0.3 is 5.97 Å². The summed E-state index contributed by atoms with van der Waals surface area (Å²) in [4.78, 5) is 38.0. The lowest BCUT2D eigenvalue weighted by Gasteiger charge is -2.13. The number of nitrogens with two attached hydrogens (primary N) is 1. The number of thiophene rings is 1. The lowest BCUT2D eigenvalue weighted by atomic mass is 10.1. The lowest BCUT2D eigenvalue weighted by molar-refractivity contribution is -0.123. The molecule has 0 spiro atoms. The molecular formula is C21H20N2O5S. The van der Waals surface area contributed by atoms with Crippen molar-refractivity contribution in [3.05, 3.63) is 51.6 Å². The number of para-hydroxylation sites is 1. The van der Waals surface area contributed by atoms with Gasteiger partial charge in [-0.1, -0.05) is 18.2 Å². The van der Waals surface area contributed by atoms with E-state index in [4.69, 9.17) is 14.9 Å². The highest BCUT2D eigenvalue weighted by molar-refractivity contribution is 7.17. The molecule has 3 aromatic rings. The van der Waals surface area contributed by atoms with E-state index < -0.39 is 23.9 Å². The van der Waals surface area contributed by atoms with Crippen LogP contribution in [0.25, 0.3) is 11.0 Å². The summed E-state index contributed by atoms with van der Waals surface area (Å²) in [6.07, 6.45) is 1.54. The molecule has 1 aliphatic carbocycles. The van der Waals surface area contributed by atoms with Crippen molar-refractivity contribution in [3.8, 4) is 0 Å². The van der Waals surface area contributed by atoms with Gasteiger partial charge in [-0.25, -0.2) is 4.79 Å². The van der Waals surface area contributed by atoms with Gasteiger partial charge in [0.05, 0.1) is 5.56 Å². The van der Waals surface area contributed by atoms with Crippen molar-refractivity contribution in [2.24, 2.45) is 5.73 Å². The Bertz CT molecular complexity index is 1140. The molecule has 0 radical (unpaired) electrons. The number of hydrogen-bond acceptors (Lipinski definition) is 6. The topological polar surface area (TPSA) is 112 Å². The Labute approximate surface area is 170 Å². The van der Waals surface area contributed by atoms with Crippen LogP contribution in [0.1, 0.15) is 50.3 Å². The second kappa shape index (κ2) is 7.36. The first-order chi connectivity index (χ1) is 13.9. The molecule has 0 saturated heterocycles. The van der Waals surface area contributed by atoms with E-state index in [0.29, 0.717) is 21.7 Å². The Morgan fingerprint density at radius 2 is 2.00 bits per heavy atom. The van der Waals surface area contributed by atoms with E-state index >= 15 is 0 Å². The molecule has 8 heteroatoms. The molecule has 1 aliphatic rings. The summed E-state index contributed by atoms with van der Waals surface area (Å²) in [5.41, 5.74) is 8.03. The predicted octanol–water partition coefficient (Wildman–Crippen LogP) is 3.57. The van der Waals surface area contributed by atoms with Gasteiger partial charge in [0.15, 0.2) is 6.10 Å². The molecule has 2 amide bonds. The zero-order valence-corrected chi connectivity index (χ0v) is 16.9. The van der Waals surface area contributed by atoms with Crippen molar-refractivity contribution in [3.63, 3.8) is 0 Å². The molecule has 1 atom stereocenters. The third-order valence-corrected chi connectivity index (χ3v) is 6.29. The first kappa shape index (κ1) is 19.2. The minimum atomic E-state index is -1.08. The van der Waals surface area contributed by atoms with E-state index in [-0.39, 0.29) is 5.76 Å². The van der Waals surface area contributed by atoms with Crippen LogP contribution in [-0.2, 0) is 22.4 Å². The van der Waals surface area contributed by atoms with E-state index in [1.807, 2.05) is 18.2 Å². The van der Waals surface area contributed by atoms with Gasteiger partial charge in [0.2, 0.25) is 5.76 Å². The normalized spacial score (nSPS) is 13.9. The van der Waals surface area contributed by atoms with Crippen LogP contribution in [0.5, 0.6) is 0 Å². The van der Waals surface area contributed by atoms with Gasteiger partial charge in [-0.2, -0.15) is 0 Å². The van der Waals surface area contributed by atoms with E-state index in [1.165, 1.54) is 18.3 Å². The average molecular weight is 412 g/mol. The highest BCUT2D eigenvalue weighted by Gasteiger charge is 2.29. The second-order valence-electron chi connectivity index (χ2n) is 7.01. The van der Waals surface area contributed by atoms with Crippen LogP contribution in [0.2, 0.25) is 0 Å². The van der Waals surface area contributed by atoms with E-state index in [1.54, 1.807) is 13.0 Å². The summed E-state index contributed by atoms with van der Waals surface area (Å²) in [7, 11) is 0. The van der Waals surface area contributed by atoms with Gasteiger partial charge < -0.3 is 20.2 Å². The largest absolute Gasteiger partial charge is 0.449 e. The molecule has 0 aliphatic heterocycles. The summed E-state index contributed by atoms with van der Waals surface area (Å²) in [6, 6.07) is 7.27. The van der Waals surface area contributed by atoms with Gasteiger partial charge in [0.25, 0.3) is 11.8 Å². The van der Waals surface area contributed by atoms with Crippen LogP contribution in [0.4, 0.5) is 5.00 Å². The quantitative estimate of drug-likeness (QED) is 0.622. The Balaban J connectivity index is 1.49. The predicted molar refractivity (Wildman–Crippen MR) is 109 cm³/mol. The number of anilines is 1. The van der Waals surface area contributed by atoms with Crippen LogP contribution < -0.4 is 11.1 Å². The average Bonchev–Trinajstić information content (AvgIpc) is 3.34. The number of ether oxygens (including phenoxy) is 1. The number of esters is 1. The summed E-state index contributed by atoms with van der Waals surface area (Å²) in [6.45, 7) is 3.23.